The second-order valence-electron chi connectivity index (χ2n) is 7.16. The maximum absolute atomic E-state index is 13.1. The molecule has 1 heterocycles. The van der Waals surface area contributed by atoms with Gasteiger partial charge in [-0.3, -0.25) is 9.48 Å². The Hall–Kier alpha value is -2.87. The maximum Gasteiger partial charge on any atom is 0.256 e. The Morgan fingerprint density at radius 3 is 2.39 bits per heavy atom. The maximum atomic E-state index is 13.1. The zero-order valence-corrected chi connectivity index (χ0v) is 20.2. The zero-order chi connectivity index (χ0) is 23.4. The summed E-state index contributed by atoms with van der Waals surface area (Å²) in [6.45, 7) is 0.704. The van der Waals surface area contributed by atoms with Crippen molar-refractivity contribution in [2.45, 2.75) is 13.2 Å². The fraction of sp³-hybridized carbons (Fsp3) is 0.0833. The summed E-state index contributed by atoms with van der Waals surface area (Å²) in [6, 6.07) is 18.5. The average Bonchev–Trinajstić information content (AvgIpc) is 3.13. The molecule has 1 aromatic heterocycles. The quantitative estimate of drug-likeness (QED) is 0.271. The molecule has 1 N–H and O–H groups in total. The lowest BCUT2D eigenvalue weighted by molar-refractivity contribution is 0.102. The second kappa shape index (κ2) is 10.4. The number of anilines is 1. The smallest absolute Gasteiger partial charge is 0.256 e. The molecule has 0 fully saturated rings. The van der Waals surface area contributed by atoms with Gasteiger partial charge in [-0.2, -0.15) is 5.10 Å². The van der Waals surface area contributed by atoms with Crippen LogP contribution in [0.25, 0.3) is 0 Å². The predicted molar refractivity (Wildman–Crippen MR) is 131 cm³/mol. The van der Waals surface area contributed by atoms with Gasteiger partial charge in [0.05, 0.1) is 11.6 Å². The van der Waals surface area contributed by atoms with E-state index < -0.39 is 0 Å². The standard InChI is InChI=1S/C24H17BrCl2FN3O2/c25-18-7-10-22(20(26)11-18)33-14-16-1-5-17(6-2-16)24(32)29-23-21(27)13-31(30-23)12-15-3-8-19(28)9-4-15/h1-11,13H,12,14H2,(H,29,30,32). The van der Waals surface area contributed by atoms with Crippen molar-refractivity contribution in [1.29, 1.82) is 0 Å². The van der Waals surface area contributed by atoms with Crippen LogP contribution in [-0.4, -0.2) is 15.7 Å². The molecule has 0 spiro atoms. The summed E-state index contributed by atoms with van der Waals surface area (Å²) in [5.41, 5.74) is 2.19. The number of carbonyl (C=O) groups is 1. The summed E-state index contributed by atoms with van der Waals surface area (Å²) >= 11 is 15.7. The minimum absolute atomic E-state index is 0.251. The van der Waals surface area contributed by atoms with Gasteiger partial charge in [-0.1, -0.05) is 63.4 Å². The number of benzene rings is 3. The van der Waals surface area contributed by atoms with E-state index in [0.29, 0.717) is 34.5 Å². The summed E-state index contributed by atoms with van der Waals surface area (Å²) in [5.74, 6) is 0.181. The van der Waals surface area contributed by atoms with Crippen molar-refractivity contribution in [3.8, 4) is 5.75 Å². The van der Waals surface area contributed by atoms with E-state index in [2.05, 4.69) is 26.3 Å². The molecule has 0 aliphatic heterocycles. The van der Waals surface area contributed by atoms with E-state index in [1.165, 1.54) is 12.1 Å². The predicted octanol–water partition coefficient (Wildman–Crippen LogP) is 6.97. The number of halogens is 4. The van der Waals surface area contributed by atoms with Crippen molar-refractivity contribution < 1.29 is 13.9 Å². The Morgan fingerprint density at radius 1 is 1.00 bits per heavy atom. The first-order valence-electron chi connectivity index (χ1n) is 9.83. The Balaban J connectivity index is 1.36. The molecule has 0 unspecified atom stereocenters. The molecule has 168 valence electrons. The van der Waals surface area contributed by atoms with Crippen LogP contribution in [0.1, 0.15) is 21.5 Å². The molecule has 0 aliphatic carbocycles. The fourth-order valence-electron chi connectivity index (χ4n) is 3.03. The van der Waals surface area contributed by atoms with Crippen molar-refractivity contribution in [3.05, 3.63) is 110 Å². The molecule has 9 heteroatoms. The lowest BCUT2D eigenvalue weighted by Gasteiger charge is -2.09. The first kappa shape index (κ1) is 23.3. The first-order valence-corrected chi connectivity index (χ1v) is 11.4. The van der Waals surface area contributed by atoms with E-state index >= 15 is 0 Å². The van der Waals surface area contributed by atoms with Crippen molar-refractivity contribution >= 4 is 50.9 Å². The summed E-state index contributed by atoms with van der Waals surface area (Å²) < 4.78 is 21.3. The third kappa shape index (κ3) is 6.13. The summed E-state index contributed by atoms with van der Waals surface area (Å²) in [6.07, 6.45) is 1.61. The highest BCUT2D eigenvalue weighted by Gasteiger charge is 2.13. The van der Waals surface area contributed by atoms with Gasteiger partial charge < -0.3 is 10.1 Å². The molecule has 1 amide bonds. The van der Waals surface area contributed by atoms with Gasteiger partial charge in [0.25, 0.3) is 5.91 Å². The van der Waals surface area contributed by atoms with Crippen LogP contribution >= 0.6 is 39.1 Å². The van der Waals surface area contributed by atoms with Crippen molar-refractivity contribution in [3.63, 3.8) is 0 Å². The summed E-state index contributed by atoms with van der Waals surface area (Å²) in [5, 5.41) is 7.84. The largest absolute Gasteiger partial charge is 0.487 e. The normalized spacial score (nSPS) is 10.8. The molecule has 0 radical (unpaired) electrons. The highest BCUT2D eigenvalue weighted by atomic mass is 79.9. The number of amides is 1. The average molecular weight is 549 g/mol. The van der Waals surface area contributed by atoms with Crippen LogP contribution in [0.2, 0.25) is 10.0 Å². The zero-order valence-electron chi connectivity index (χ0n) is 17.1. The van der Waals surface area contributed by atoms with E-state index in [-0.39, 0.29) is 17.5 Å². The van der Waals surface area contributed by atoms with Gasteiger partial charge in [0, 0.05) is 16.2 Å². The fourth-order valence-corrected chi connectivity index (χ4v) is 3.95. The molecule has 5 nitrogen and oxygen atoms in total. The van der Waals surface area contributed by atoms with E-state index in [1.54, 1.807) is 59.4 Å². The number of carbonyl (C=O) groups excluding carboxylic acids is 1. The number of hydrogen-bond acceptors (Lipinski definition) is 3. The van der Waals surface area contributed by atoms with Crippen LogP contribution in [0.15, 0.2) is 77.4 Å². The van der Waals surface area contributed by atoms with Gasteiger partial charge in [0.15, 0.2) is 5.82 Å². The molecular formula is C24H17BrCl2FN3O2. The van der Waals surface area contributed by atoms with Crippen LogP contribution < -0.4 is 10.1 Å². The number of hydrogen-bond donors (Lipinski definition) is 1. The van der Waals surface area contributed by atoms with Crippen LogP contribution in [0.3, 0.4) is 0 Å². The SMILES string of the molecule is O=C(Nc1nn(Cc2ccc(F)cc2)cc1Cl)c1ccc(COc2ccc(Br)cc2Cl)cc1. The molecule has 3 aromatic carbocycles. The van der Waals surface area contributed by atoms with E-state index in [9.17, 15) is 9.18 Å². The Kier molecular flexibility index (Phi) is 7.33. The highest BCUT2D eigenvalue weighted by Crippen LogP contribution is 2.28. The van der Waals surface area contributed by atoms with Gasteiger partial charge in [0.2, 0.25) is 0 Å². The minimum Gasteiger partial charge on any atom is -0.487 e. The van der Waals surface area contributed by atoms with E-state index in [1.807, 2.05) is 6.07 Å². The van der Waals surface area contributed by atoms with Crippen LogP contribution in [0.5, 0.6) is 5.75 Å². The van der Waals surface area contributed by atoms with Gasteiger partial charge in [-0.05, 0) is 53.6 Å². The lowest BCUT2D eigenvalue weighted by atomic mass is 10.1. The summed E-state index contributed by atoms with van der Waals surface area (Å²) in [4.78, 5) is 12.6. The third-order valence-electron chi connectivity index (χ3n) is 4.71. The molecule has 0 atom stereocenters. The van der Waals surface area contributed by atoms with Crippen LogP contribution in [0, 0.1) is 5.82 Å². The number of aromatic nitrogens is 2. The molecule has 0 saturated heterocycles. The Labute approximate surface area is 208 Å². The first-order chi connectivity index (χ1) is 15.9. The number of nitrogens with zero attached hydrogens (tertiary/aromatic N) is 2. The van der Waals surface area contributed by atoms with Crippen molar-refractivity contribution in [2.24, 2.45) is 0 Å². The van der Waals surface area contributed by atoms with Gasteiger partial charge in [-0.25, -0.2) is 4.39 Å². The number of ether oxygens (including phenoxy) is 1. The topological polar surface area (TPSA) is 56.2 Å². The Bertz CT molecular complexity index is 1280. The van der Waals surface area contributed by atoms with Crippen molar-refractivity contribution in [2.75, 3.05) is 5.32 Å². The molecule has 4 aromatic rings. The van der Waals surface area contributed by atoms with Gasteiger partial charge in [-0.15, -0.1) is 0 Å². The van der Waals surface area contributed by atoms with E-state index in [0.717, 1.165) is 15.6 Å². The second-order valence-corrected chi connectivity index (χ2v) is 8.89. The molecular weight excluding hydrogens is 532 g/mol. The van der Waals surface area contributed by atoms with Gasteiger partial charge >= 0.3 is 0 Å². The number of rotatable bonds is 7. The molecule has 0 bridgehead atoms. The van der Waals surface area contributed by atoms with Gasteiger partial charge in [0.1, 0.15) is 23.2 Å². The van der Waals surface area contributed by atoms with Crippen molar-refractivity contribution in [1.82, 2.24) is 9.78 Å². The lowest BCUT2D eigenvalue weighted by Crippen LogP contribution is -2.13. The highest BCUT2D eigenvalue weighted by molar-refractivity contribution is 9.10. The Morgan fingerprint density at radius 2 is 1.70 bits per heavy atom. The molecule has 4 rings (SSSR count). The third-order valence-corrected chi connectivity index (χ3v) is 5.78. The molecule has 33 heavy (non-hydrogen) atoms. The van der Waals surface area contributed by atoms with Crippen LogP contribution in [0.4, 0.5) is 10.2 Å². The molecule has 0 saturated carbocycles. The summed E-state index contributed by atoms with van der Waals surface area (Å²) in [7, 11) is 0. The van der Waals surface area contributed by atoms with E-state index in [4.69, 9.17) is 27.9 Å². The number of nitrogens with one attached hydrogen (secondary N) is 1. The monoisotopic (exact) mass is 547 g/mol. The van der Waals surface area contributed by atoms with Crippen LogP contribution in [-0.2, 0) is 13.2 Å². The molecule has 0 aliphatic rings. The minimum atomic E-state index is -0.340.